The zero-order valence-electron chi connectivity index (χ0n) is 13.0. The first-order chi connectivity index (χ1) is 9.66. The normalized spacial score (nSPS) is 25.3. The van der Waals surface area contributed by atoms with Gasteiger partial charge in [-0.1, -0.05) is 0 Å². The number of ether oxygens (including phenoxy) is 1. The molecule has 1 atom stereocenters. The van der Waals surface area contributed by atoms with Crippen LogP contribution in [0.4, 0.5) is 0 Å². The Morgan fingerprint density at radius 1 is 1.43 bits per heavy atom. The van der Waals surface area contributed by atoms with Crippen LogP contribution in [0, 0.1) is 0 Å². The molecule has 0 aromatic rings. The van der Waals surface area contributed by atoms with E-state index in [9.17, 15) is 13.2 Å². The number of carbonyl (C=O) groups excluding carboxylic acids is 1. The molecule has 0 saturated carbocycles. The lowest BCUT2D eigenvalue weighted by Crippen LogP contribution is -2.61. The smallest absolute Gasteiger partial charge is 0.248 e. The Balaban J connectivity index is 1.81. The molecular formula is C13H24N2O4S2. The fraction of sp³-hybridized carbons (Fsp3) is 0.923. The van der Waals surface area contributed by atoms with Gasteiger partial charge in [-0.2, -0.15) is 4.31 Å². The second-order valence-corrected chi connectivity index (χ2v) is 10.3. The lowest BCUT2D eigenvalue weighted by molar-refractivity contribution is -0.135. The van der Waals surface area contributed by atoms with Crippen molar-refractivity contribution >= 4 is 27.7 Å². The van der Waals surface area contributed by atoms with E-state index in [4.69, 9.17) is 4.74 Å². The van der Waals surface area contributed by atoms with Crippen molar-refractivity contribution in [2.24, 2.45) is 0 Å². The van der Waals surface area contributed by atoms with Gasteiger partial charge in [0.25, 0.3) is 0 Å². The number of amides is 1. The number of hydrogen-bond donors (Lipinski definition) is 0. The second kappa shape index (κ2) is 6.06. The Labute approximate surface area is 131 Å². The molecular weight excluding hydrogens is 312 g/mol. The van der Waals surface area contributed by atoms with Gasteiger partial charge in [0.15, 0.2) is 0 Å². The van der Waals surface area contributed by atoms with E-state index >= 15 is 0 Å². The van der Waals surface area contributed by atoms with Crippen LogP contribution in [0.25, 0.3) is 0 Å². The molecule has 1 amide bonds. The molecule has 1 spiro atoms. The molecule has 0 aromatic carbocycles. The standard InChI is InChI=1S/C13H24N2O4S2/c1-10(2)21(17,18)15-8-13(9-15)5-11(7-20-13)19-6-12(16)14(3)4/h10-11H,5-9H2,1-4H3. The molecule has 6 nitrogen and oxygen atoms in total. The predicted molar refractivity (Wildman–Crippen MR) is 83.9 cm³/mol. The van der Waals surface area contributed by atoms with Gasteiger partial charge in [0.1, 0.15) is 6.61 Å². The van der Waals surface area contributed by atoms with Crippen LogP contribution in [0.2, 0.25) is 0 Å². The minimum Gasteiger partial charge on any atom is -0.367 e. The summed E-state index contributed by atoms with van der Waals surface area (Å²) < 4.78 is 31.3. The van der Waals surface area contributed by atoms with Crippen LogP contribution in [0.3, 0.4) is 0 Å². The second-order valence-electron chi connectivity index (χ2n) is 6.28. The number of nitrogens with zero attached hydrogens (tertiary/aromatic N) is 2. The van der Waals surface area contributed by atoms with Crippen LogP contribution in [0.5, 0.6) is 0 Å². The van der Waals surface area contributed by atoms with Gasteiger partial charge < -0.3 is 9.64 Å². The molecule has 2 aliphatic rings. The van der Waals surface area contributed by atoms with Gasteiger partial charge in [0, 0.05) is 37.7 Å². The minimum atomic E-state index is -3.14. The molecule has 0 radical (unpaired) electrons. The van der Waals surface area contributed by atoms with E-state index in [1.165, 1.54) is 4.90 Å². The van der Waals surface area contributed by atoms with Crippen LogP contribution < -0.4 is 0 Å². The van der Waals surface area contributed by atoms with Gasteiger partial charge in [-0.25, -0.2) is 8.42 Å². The molecule has 2 aliphatic heterocycles. The van der Waals surface area contributed by atoms with Crippen LogP contribution in [-0.4, -0.2) is 79.2 Å². The Morgan fingerprint density at radius 3 is 2.57 bits per heavy atom. The van der Waals surface area contributed by atoms with Crippen LogP contribution >= 0.6 is 11.8 Å². The monoisotopic (exact) mass is 336 g/mol. The summed E-state index contributed by atoms with van der Waals surface area (Å²) in [5, 5.41) is -0.369. The number of sulfonamides is 1. The molecule has 2 heterocycles. The quantitative estimate of drug-likeness (QED) is 0.726. The zero-order chi connectivity index (χ0) is 15.8. The van der Waals surface area contributed by atoms with E-state index < -0.39 is 10.0 Å². The highest BCUT2D eigenvalue weighted by atomic mass is 32.2. The Hall–Kier alpha value is -0.310. The van der Waals surface area contributed by atoms with Crippen molar-refractivity contribution < 1.29 is 17.9 Å². The van der Waals surface area contributed by atoms with Gasteiger partial charge in [-0.3, -0.25) is 4.79 Å². The fourth-order valence-corrected chi connectivity index (χ4v) is 5.69. The predicted octanol–water partition coefficient (Wildman–Crippen LogP) is 0.389. The van der Waals surface area contributed by atoms with Gasteiger partial charge in [0.2, 0.25) is 15.9 Å². The topological polar surface area (TPSA) is 66.9 Å². The zero-order valence-corrected chi connectivity index (χ0v) is 14.7. The first-order valence-corrected chi connectivity index (χ1v) is 9.60. The molecule has 122 valence electrons. The molecule has 21 heavy (non-hydrogen) atoms. The molecule has 0 bridgehead atoms. The van der Waals surface area contributed by atoms with Gasteiger partial charge in [-0.15, -0.1) is 11.8 Å². The maximum atomic E-state index is 12.1. The van der Waals surface area contributed by atoms with E-state index in [-0.39, 0.29) is 28.6 Å². The average Bonchev–Trinajstić information content (AvgIpc) is 2.78. The first kappa shape index (κ1) is 17.1. The molecule has 0 N–H and O–H groups in total. The third-order valence-electron chi connectivity index (χ3n) is 4.00. The molecule has 0 aromatic heterocycles. The first-order valence-electron chi connectivity index (χ1n) is 7.11. The van der Waals surface area contributed by atoms with Crippen molar-refractivity contribution in [2.45, 2.75) is 36.4 Å². The average molecular weight is 336 g/mol. The minimum absolute atomic E-state index is 0.00616. The third-order valence-corrected chi connectivity index (χ3v) is 7.75. The van der Waals surface area contributed by atoms with Crippen molar-refractivity contribution in [3.05, 3.63) is 0 Å². The number of likely N-dealkylation sites (N-methyl/N-ethyl adjacent to an activating group) is 1. The SMILES string of the molecule is CC(C)S(=O)(=O)N1CC2(CC(OCC(=O)N(C)C)CS2)C1. The van der Waals surface area contributed by atoms with Gasteiger partial charge in [0.05, 0.1) is 11.4 Å². The fourth-order valence-electron chi connectivity index (χ4n) is 2.52. The van der Waals surface area contributed by atoms with E-state index in [1.807, 2.05) is 0 Å². The molecule has 2 saturated heterocycles. The number of hydrogen-bond acceptors (Lipinski definition) is 5. The maximum Gasteiger partial charge on any atom is 0.248 e. The molecule has 1 unspecified atom stereocenters. The number of carbonyl (C=O) groups is 1. The van der Waals surface area contributed by atoms with Crippen molar-refractivity contribution in [2.75, 3.05) is 39.5 Å². The summed E-state index contributed by atoms with van der Waals surface area (Å²) in [6.07, 6.45) is 0.866. The highest BCUT2D eigenvalue weighted by molar-refractivity contribution is 8.01. The van der Waals surface area contributed by atoms with Crippen molar-refractivity contribution in [1.82, 2.24) is 9.21 Å². The van der Waals surface area contributed by atoms with E-state index in [2.05, 4.69) is 0 Å². The van der Waals surface area contributed by atoms with Crippen LogP contribution in [-0.2, 0) is 19.6 Å². The molecule has 2 fully saturated rings. The summed E-state index contributed by atoms with van der Waals surface area (Å²) >= 11 is 1.78. The summed E-state index contributed by atoms with van der Waals surface area (Å²) in [5.74, 6) is 0.787. The lowest BCUT2D eigenvalue weighted by Gasteiger charge is -2.47. The summed E-state index contributed by atoms with van der Waals surface area (Å²) in [6, 6.07) is 0. The summed E-state index contributed by atoms with van der Waals surface area (Å²) in [4.78, 5) is 13.0. The third kappa shape index (κ3) is 3.55. The van der Waals surface area contributed by atoms with Gasteiger partial charge in [-0.05, 0) is 20.3 Å². The van der Waals surface area contributed by atoms with Crippen LogP contribution in [0.1, 0.15) is 20.3 Å². The lowest BCUT2D eigenvalue weighted by atomic mass is 9.95. The molecule has 8 heteroatoms. The van der Waals surface area contributed by atoms with E-state index in [1.54, 1.807) is 44.0 Å². The van der Waals surface area contributed by atoms with Crippen molar-refractivity contribution in [1.29, 1.82) is 0 Å². The van der Waals surface area contributed by atoms with E-state index in [0.29, 0.717) is 13.1 Å². The van der Waals surface area contributed by atoms with Crippen LogP contribution in [0.15, 0.2) is 0 Å². The molecule has 0 aliphatic carbocycles. The number of rotatable bonds is 5. The maximum absolute atomic E-state index is 12.1. The van der Waals surface area contributed by atoms with Crippen molar-refractivity contribution in [3.8, 4) is 0 Å². The summed E-state index contributed by atoms with van der Waals surface area (Å²) in [7, 11) is 0.271. The highest BCUT2D eigenvalue weighted by Crippen LogP contribution is 2.47. The largest absolute Gasteiger partial charge is 0.367 e. The molecule has 2 rings (SSSR count). The Bertz CT molecular complexity index is 498. The highest BCUT2D eigenvalue weighted by Gasteiger charge is 2.53. The van der Waals surface area contributed by atoms with Crippen molar-refractivity contribution in [3.63, 3.8) is 0 Å². The van der Waals surface area contributed by atoms with E-state index in [0.717, 1.165) is 12.2 Å². The van der Waals surface area contributed by atoms with Gasteiger partial charge >= 0.3 is 0 Å². The Kier molecular flexibility index (Phi) is 4.92. The Morgan fingerprint density at radius 2 is 2.05 bits per heavy atom. The number of thioether (sulfide) groups is 1. The summed E-state index contributed by atoms with van der Waals surface area (Å²) in [6.45, 7) is 4.66. The summed E-state index contributed by atoms with van der Waals surface area (Å²) in [5.41, 5.74) is 0.